The summed E-state index contributed by atoms with van der Waals surface area (Å²) < 4.78 is 5.37. The number of likely N-dealkylation sites (tertiary alicyclic amines) is 1. The highest BCUT2D eigenvalue weighted by atomic mass is 35.5. The first-order valence-electron chi connectivity index (χ1n) is 7.84. The predicted molar refractivity (Wildman–Crippen MR) is 89.7 cm³/mol. The minimum Gasteiger partial charge on any atom is -0.361 e. The van der Waals surface area contributed by atoms with Crippen LogP contribution in [0.2, 0.25) is 5.02 Å². The van der Waals surface area contributed by atoms with Crippen molar-refractivity contribution in [2.45, 2.75) is 38.6 Å². The van der Waals surface area contributed by atoms with Gasteiger partial charge in [-0.05, 0) is 31.0 Å². The molecule has 6 heteroatoms. The average molecular weight is 334 g/mol. The van der Waals surface area contributed by atoms with Gasteiger partial charge < -0.3 is 14.7 Å². The van der Waals surface area contributed by atoms with E-state index in [1.54, 1.807) is 12.1 Å². The lowest BCUT2D eigenvalue weighted by atomic mass is 10.1. The maximum atomic E-state index is 12.6. The number of benzene rings is 1. The molecule has 2 heterocycles. The molecule has 1 aromatic carbocycles. The Morgan fingerprint density at radius 2 is 2.26 bits per heavy atom. The Labute approximate surface area is 140 Å². The van der Waals surface area contributed by atoms with E-state index in [-0.39, 0.29) is 18.0 Å². The average Bonchev–Trinajstić information content (AvgIpc) is 3.16. The number of carbonyl (C=O) groups excluding carboxylic acids is 1. The number of aromatic nitrogens is 1. The van der Waals surface area contributed by atoms with Crippen molar-refractivity contribution in [3.63, 3.8) is 0 Å². The van der Waals surface area contributed by atoms with E-state index in [1.807, 2.05) is 23.1 Å². The summed E-state index contributed by atoms with van der Waals surface area (Å²) >= 11 is 5.96. The molecule has 2 aromatic rings. The fraction of sp³-hybridized carbons (Fsp3) is 0.412. The molecule has 23 heavy (non-hydrogen) atoms. The number of carbonyl (C=O) groups is 1. The van der Waals surface area contributed by atoms with Crippen molar-refractivity contribution < 1.29 is 9.32 Å². The normalized spacial score (nSPS) is 17.7. The lowest BCUT2D eigenvalue weighted by Crippen LogP contribution is -2.34. The van der Waals surface area contributed by atoms with Crippen molar-refractivity contribution in [1.29, 1.82) is 0 Å². The first-order valence-corrected chi connectivity index (χ1v) is 8.22. The highest BCUT2D eigenvalue weighted by molar-refractivity contribution is 6.30. The number of rotatable bonds is 3. The summed E-state index contributed by atoms with van der Waals surface area (Å²) in [5.41, 5.74) is 1.52. The zero-order valence-electron chi connectivity index (χ0n) is 13.3. The van der Waals surface area contributed by atoms with Crippen molar-refractivity contribution in [2.24, 2.45) is 0 Å². The molecule has 2 amide bonds. The molecule has 1 aliphatic heterocycles. The summed E-state index contributed by atoms with van der Waals surface area (Å²) in [6.07, 6.45) is 1.85. The van der Waals surface area contributed by atoms with Gasteiger partial charge in [-0.25, -0.2) is 4.79 Å². The fourth-order valence-corrected chi connectivity index (χ4v) is 3.00. The SMILES string of the molecule is CC(C)c1cc(C2CCCN2C(=O)Nc2cccc(Cl)c2)no1. The molecule has 0 spiro atoms. The number of nitrogens with one attached hydrogen (secondary N) is 1. The van der Waals surface area contributed by atoms with Crippen LogP contribution in [0.1, 0.15) is 50.1 Å². The van der Waals surface area contributed by atoms with Crippen LogP contribution < -0.4 is 5.32 Å². The molecule has 3 rings (SSSR count). The Kier molecular flexibility index (Phi) is 4.57. The molecular weight excluding hydrogens is 314 g/mol. The van der Waals surface area contributed by atoms with Gasteiger partial charge in [0.05, 0.1) is 6.04 Å². The Bertz CT molecular complexity index is 699. The first kappa shape index (κ1) is 15.9. The molecule has 0 aliphatic carbocycles. The summed E-state index contributed by atoms with van der Waals surface area (Å²) in [7, 11) is 0. The standard InChI is InChI=1S/C17H20ClN3O2/c1-11(2)16-10-14(20-23-16)15-7-4-8-21(15)17(22)19-13-6-3-5-12(18)9-13/h3,5-6,9-11,15H,4,7-8H2,1-2H3,(H,19,22). The minimum absolute atomic E-state index is 0.0366. The molecule has 1 atom stereocenters. The quantitative estimate of drug-likeness (QED) is 0.876. The number of urea groups is 1. The van der Waals surface area contributed by atoms with Gasteiger partial charge in [0.15, 0.2) is 0 Å². The molecular formula is C17H20ClN3O2. The Morgan fingerprint density at radius 1 is 1.43 bits per heavy atom. The summed E-state index contributed by atoms with van der Waals surface area (Å²) in [6, 6.07) is 8.93. The van der Waals surface area contributed by atoms with E-state index in [4.69, 9.17) is 16.1 Å². The van der Waals surface area contributed by atoms with Crippen LogP contribution in [0.4, 0.5) is 10.5 Å². The van der Waals surface area contributed by atoms with Crippen LogP contribution in [0.15, 0.2) is 34.9 Å². The zero-order chi connectivity index (χ0) is 16.4. The monoisotopic (exact) mass is 333 g/mol. The topological polar surface area (TPSA) is 58.4 Å². The van der Waals surface area contributed by atoms with Crippen LogP contribution in [-0.2, 0) is 0 Å². The second kappa shape index (κ2) is 6.62. The molecule has 1 aliphatic rings. The van der Waals surface area contributed by atoms with Crippen LogP contribution in [0.5, 0.6) is 0 Å². The summed E-state index contributed by atoms with van der Waals surface area (Å²) in [4.78, 5) is 14.4. The van der Waals surface area contributed by atoms with Crippen LogP contribution >= 0.6 is 11.6 Å². The number of nitrogens with zero attached hydrogens (tertiary/aromatic N) is 2. The largest absolute Gasteiger partial charge is 0.361 e. The maximum Gasteiger partial charge on any atom is 0.322 e. The third kappa shape index (κ3) is 3.50. The van der Waals surface area contributed by atoms with E-state index in [2.05, 4.69) is 24.3 Å². The molecule has 1 N–H and O–H groups in total. The Hall–Kier alpha value is -2.01. The Balaban J connectivity index is 1.74. The summed E-state index contributed by atoms with van der Waals surface area (Å²) in [5, 5.41) is 7.65. The van der Waals surface area contributed by atoms with E-state index in [0.29, 0.717) is 17.3 Å². The van der Waals surface area contributed by atoms with Gasteiger partial charge in [-0.3, -0.25) is 0 Å². The van der Waals surface area contributed by atoms with Crippen molar-refractivity contribution in [3.05, 3.63) is 46.8 Å². The van der Waals surface area contributed by atoms with Gasteiger partial charge in [0.25, 0.3) is 0 Å². The van der Waals surface area contributed by atoms with Gasteiger partial charge in [0, 0.05) is 29.2 Å². The van der Waals surface area contributed by atoms with E-state index >= 15 is 0 Å². The Morgan fingerprint density at radius 3 is 2.96 bits per heavy atom. The summed E-state index contributed by atoms with van der Waals surface area (Å²) in [5.74, 6) is 1.13. The van der Waals surface area contributed by atoms with Crippen LogP contribution in [0.25, 0.3) is 0 Å². The number of halogens is 1. The maximum absolute atomic E-state index is 12.6. The van der Waals surface area contributed by atoms with Gasteiger partial charge in [-0.2, -0.15) is 0 Å². The van der Waals surface area contributed by atoms with E-state index in [0.717, 1.165) is 24.3 Å². The highest BCUT2D eigenvalue weighted by Gasteiger charge is 2.32. The zero-order valence-corrected chi connectivity index (χ0v) is 14.0. The van der Waals surface area contributed by atoms with Crippen LogP contribution in [-0.4, -0.2) is 22.6 Å². The van der Waals surface area contributed by atoms with Gasteiger partial charge in [-0.15, -0.1) is 0 Å². The molecule has 0 radical (unpaired) electrons. The third-order valence-electron chi connectivity index (χ3n) is 4.05. The van der Waals surface area contributed by atoms with Crippen LogP contribution in [0, 0.1) is 0 Å². The fourth-order valence-electron chi connectivity index (χ4n) is 2.81. The molecule has 1 fully saturated rings. The summed E-state index contributed by atoms with van der Waals surface area (Å²) in [6.45, 7) is 4.83. The smallest absolute Gasteiger partial charge is 0.322 e. The molecule has 122 valence electrons. The second-order valence-electron chi connectivity index (χ2n) is 6.10. The predicted octanol–water partition coefficient (Wildman–Crippen LogP) is 4.82. The van der Waals surface area contributed by atoms with Gasteiger partial charge in [0.1, 0.15) is 11.5 Å². The number of hydrogen-bond donors (Lipinski definition) is 1. The van der Waals surface area contributed by atoms with Gasteiger partial charge in [-0.1, -0.05) is 36.7 Å². The number of anilines is 1. The van der Waals surface area contributed by atoms with E-state index in [9.17, 15) is 4.79 Å². The molecule has 1 unspecified atom stereocenters. The number of amides is 2. The first-order chi connectivity index (χ1) is 11.0. The van der Waals surface area contributed by atoms with Crippen molar-refractivity contribution in [2.75, 3.05) is 11.9 Å². The van der Waals surface area contributed by atoms with Crippen molar-refractivity contribution >= 4 is 23.3 Å². The molecule has 0 saturated carbocycles. The lowest BCUT2D eigenvalue weighted by molar-refractivity contribution is 0.204. The highest BCUT2D eigenvalue weighted by Crippen LogP contribution is 2.33. The van der Waals surface area contributed by atoms with Gasteiger partial charge >= 0.3 is 6.03 Å². The third-order valence-corrected chi connectivity index (χ3v) is 4.28. The molecule has 0 bridgehead atoms. The lowest BCUT2D eigenvalue weighted by Gasteiger charge is -2.23. The van der Waals surface area contributed by atoms with Gasteiger partial charge in [0.2, 0.25) is 0 Å². The molecule has 5 nitrogen and oxygen atoms in total. The molecule has 1 saturated heterocycles. The van der Waals surface area contributed by atoms with Crippen molar-refractivity contribution in [3.8, 4) is 0 Å². The second-order valence-corrected chi connectivity index (χ2v) is 6.54. The minimum atomic E-state index is -0.135. The van der Waals surface area contributed by atoms with Crippen LogP contribution in [0.3, 0.4) is 0 Å². The van der Waals surface area contributed by atoms with E-state index < -0.39 is 0 Å². The number of hydrogen-bond acceptors (Lipinski definition) is 3. The van der Waals surface area contributed by atoms with Crippen molar-refractivity contribution in [1.82, 2.24) is 10.1 Å². The van der Waals surface area contributed by atoms with E-state index in [1.165, 1.54) is 0 Å². The molecule has 1 aromatic heterocycles.